The fourth-order valence-corrected chi connectivity index (χ4v) is 4.39. The molecule has 160 valence electrons. The number of piperazine rings is 1. The van der Waals surface area contributed by atoms with E-state index in [1.165, 1.54) is 11.1 Å². The molecule has 1 fully saturated rings. The largest absolute Gasteiger partial charge is 0.496 e. The van der Waals surface area contributed by atoms with Gasteiger partial charge in [0.1, 0.15) is 5.75 Å². The molecule has 2 aliphatic heterocycles. The van der Waals surface area contributed by atoms with Gasteiger partial charge in [-0.1, -0.05) is 24.3 Å². The molecule has 0 unspecified atom stereocenters. The van der Waals surface area contributed by atoms with Crippen LogP contribution in [0.4, 0.5) is 10.5 Å². The van der Waals surface area contributed by atoms with Crippen molar-refractivity contribution in [3.63, 3.8) is 0 Å². The Bertz CT molecular complexity index is 1080. The lowest BCUT2D eigenvalue weighted by atomic mass is 10.1. The molecule has 1 saturated heterocycles. The van der Waals surface area contributed by atoms with Crippen LogP contribution in [0.15, 0.2) is 53.1 Å². The van der Waals surface area contributed by atoms with Gasteiger partial charge in [0.05, 0.1) is 18.9 Å². The molecule has 3 heterocycles. The lowest BCUT2D eigenvalue weighted by molar-refractivity contribution is 0.150. The first kappa shape index (κ1) is 19.5. The number of aryl methyl sites for hydroxylation is 1. The minimum atomic E-state index is 0.129. The molecular weight excluding hydrogens is 392 g/mol. The Labute approximate surface area is 181 Å². The highest BCUT2D eigenvalue weighted by Crippen LogP contribution is 2.34. The van der Waals surface area contributed by atoms with Gasteiger partial charge in [-0.3, -0.25) is 0 Å². The van der Waals surface area contributed by atoms with Crippen LogP contribution in [0.1, 0.15) is 17.0 Å². The first-order valence-electron chi connectivity index (χ1n) is 10.6. The number of oxazole rings is 1. The average Bonchev–Trinajstić information content (AvgIpc) is 3.44. The number of carbonyl (C=O) groups excluding carboxylic acids is 1. The highest BCUT2D eigenvalue weighted by atomic mass is 16.5. The number of amides is 2. The van der Waals surface area contributed by atoms with Crippen molar-refractivity contribution in [2.45, 2.75) is 20.0 Å². The molecule has 7 heteroatoms. The highest BCUT2D eigenvalue weighted by molar-refractivity contribution is 5.76. The minimum Gasteiger partial charge on any atom is -0.496 e. The molecule has 5 rings (SSSR count). The van der Waals surface area contributed by atoms with Gasteiger partial charge in [-0.25, -0.2) is 9.78 Å². The number of hydrogen-bond donors (Lipinski definition) is 0. The van der Waals surface area contributed by atoms with Crippen LogP contribution in [0, 0.1) is 6.92 Å². The molecule has 3 aromatic rings. The van der Waals surface area contributed by atoms with Gasteiger partial charge >= 0.3 is 6.03 Å². The number of urea groups is 1. The Morgan fingerprint density at radius 1 is 1.00 bits per heavy atom. The molecule has 2 aliphatic rings. The Hall–Kier alpha value is -3.48. The summed E-state index contributed by atoms with van der Waals surface area (Å²) in [6.45, 7) is 6.22. The third kappa shape index (κ3) is 3.71. The predicted molar refractivity (Wildman–Crippen MR) is 118 cm³/mol. The maximum absolute atomic E-state index is 13.0. The van der Waals surface area contributed by atoms with E-state index in [9.17, 15) is 4.79 Å². The monoisotopic (exact) mass is 418 g/mol. The van der Waals surface area contributed by atoms with Gasteiger partial charge in [-0.05, 0) is 23.3 Å². The lowest BCUT2D eigenvalue weighted by Gasteiger charge is -2.37. The number of aromatic nitrogens is 1. The average molecular weight is 418 g/mol. The van der Waals surface area contributed by atoms with Gasteiger partial charge in [0.15, 0.2) is 11.7 Å². The number of carbonyl (C=O) groups is 1. The second-order valence-electron chi connectivity index (χ2n) is 8.01. The second kappa shape index (κ2) is 7.98. The number of benzene rings is 2. The van der Waals surface area contributed by atoms with E-state index in [4.69, 9.17) is 9.15 Å². The molecule has 0 saturated carbocycles. The molecule has 0 N–H and O–H groups in total. The third-order valence-electron chi connectivity index (χ3n) is 6.10. The molecule has 0 spiro atoms. The quantitative estimate of drug-likeness (QED) is 0.645. The van der Waals surface area contributed by atoms with Crippen molar-refractivity contribution in [3.05, 3.63) is 65.7 Å². The third-order valence-corrected chi connectivity index (χ3v) is 6.10. The van der Waals surface area contributed by atoms with Crippen LogP contribution in [0.2, 0.25) is 0 Å². The van der Waals surface area contributed by atoms with E-state index in [-0.39, 0.29) is 6.03 Å². The van der Waals surface area contributed by atoms with Crippen molar-refractivity contribution in [3.8, 4) is 17.1 Å². The molecular formula is C24H26N4O3. The van der Waals surface area contributed by atoms with Crippen molar-refractivity contribution < 1.29 is 13.9 Å². The standard InChI is InChI=1S/C24H26N4O3/c1-17-25-14-23(31-17)21-8-7-20(13-22(21)30-2)26-9-11-27(12-10-26)24(29)28-15-18-5-3-4-6-19(18)16-28/h3-8,13-14H,9-12,15-16H2,1-2H3. The summed E-state index contributed by atoms with van der Waals surface area (Å²) in [5.74, 6) is 2.08. The van der Waals surface area contributed by atoms with Gasteiger partial charge < -0.3 is 23.9 Å². The molecule has 7 nitrogen and oxygen atoms in total. The molecule has 2 amide bonds. The number of methoxy groups -OCH3 is 1. The summed E-state index contributed by atoms with van der Waals surface area (Å²) in [5.41, 5.74) is 4.47. The first-order valence-corrected chi connectivity index (χ1v) is 10.6. The highest BCUT2D eigenvalue weighted by Gasteiger charge is 2.29. The summed E-state index contributed by atoms with van der Waals surface area (Å²) < 4.78 is 11.3. The van der Waals surface area contributed by atoms with Crippen molar-refractivity contribution in [1.29, 1.82) is 0 Å². The zero-order chi connectivity index (χ0) is 21.4. The number of rotatable bonds is 3. The SMILES string of the molecule is COc1cc(N2CCN(C(=O)N3Cc4ccccc4C3)CC2)ccc1-c1cnc(C)o1. The van der Waals surface area contributed by atoms with Gasteiger partial charge in [-0.15, -0.1) is 0 Å². The Morgan fingerprint density at radius 2 is 1.71 bits per heavy atom. The molecule has 0 aliphatic carbocycles. The fourth-order valence-electron chi connectivity index (χ4n) is 4.39. The van der Waals surface area contributed by atoms with Gasteiger partial charge in [0, 0.05) is 57.9 Å². The van der Waals surface area contributed by atoms with E-state index >= 15 is 0 Å². The molecule has 0 atom stereocenters. The minimum absolute atomic E-state index is 0.129. The smallest absolute Gasteiger partial charge is 0.320 e. The Kier molecular flexibility index (Phi) is 5.02. The number of hydrogen-bond acceptors (Lipinski definition) is 5. The molecule has 1 aromatic heterocycles. The van der Waals surface area contributed by atoms with Crippen LogP contribution >= 0.6 is 0 Å². The van der Waals surface area contributed by atoms with Gasteiger partial charge in [0.2, 0.25) is 0 Å². The molecule has 0 radical (unpaired) electrons. The molecule has 31 heavy (non-hydrogen) atoms. The van der Waals surface area contributed by atoms with Crippen molar-refractivity contribution in [2.75, 3.05) is 38.2 Å². The summed E-state index contributed by atoms with van der Waals surface area (Å²) in [5, 5.41) is 0. The number of nitrogens with zero attached hydrogens (tertiary/aromatic N) is 4. The molecule has 0 bridgehead atoms. The normalized spacial score (nSPS) is 15.9. The summed E-state index contributed by atoms with van der Waals surface area (Å²) in [6.07, 6.45) is 1.72. The zero-order valence-corrected chi connectivity index (χ0v) is 17.9. The van der Waals surface area contributed by atoms with E-state index in [0.29, 0.717) is 37.8 Å². The van der Waals surface area contributed by atoms with Crippen LogP contribution in [-0.2, 0) is 13.1 Å². The zero-order valence-electron chi connectivity index (χ0n) is 17.9. The summed E-state index contributed by atoms with van der Waals surface area (Å²) in [6, 6.07) is 14.5. The first-order chi connectivity index (χ1) is 15.1. The van der Waals surface area contributed by atoms with Gasteiger partial charge in [0.25, 0.3) is 0 Å². The van der Waals surface area contributed by atoms with E-state index in [2.05, 4.69) is 28.1 Å². The number of ether oxygens (including phenoxy) is 1. The van der Waals surface area contributed by atoms with Crippen LogP contribution in [0.5, 0.6) is 5.75 Å². The van der Waals surface area contributed by atoms with E-state index < -0.39 is 0 Å². The predicted octanol–water partition coefficient (Wildman–Crippen LogP) is 3.92. The summed E-state index contributed by atoms with van der Waals surface area (Å²) in [4.78, 5) is 23.4. The molecule has 2 aromatic carbocycles. The second-order valence-corrected chi connectivity index (χ2v) is 8.01. The maximum Gasteiger partial charge on any atom is 0.320 e. The van der Waals surface area contributed by atoms with Crippen molar-refractivity contribution >= 4 is 11.7 Å². The Balaban J connectivity index is 1.24. The van der Waals surface area contributed by atoms with Crippen molar-refractivity contribution in [2.24, 2.45) is 0 Å². The van der Waals surface area contributed by atoms with Crippen molar-refractivity contribution in [1.82, 2.24) is 14.8 Å². The lowest BCUT2D eigenvalue weighted by Crippen LogP contribution is -2.52. The maximum atomic E-state index is 13.0. The summed E-state index contributed by atoms with van der Waals surface area (Å²) in [7, 11) is 1.66. The topological polar surface area (TPSA) is 62.1 Å². The van der Waals surface area contributed by atoms with E-state index in [0.717, 1.165) is 30.1 Å². The summed E-state index contributed by atoms with van der Waals surface area (Å²) >= 11 is 0. The van der Waals surface area contributed by atoms with Crippen LogP contribution in [0.3, 0.4) is 0 Å². The number of fused-ring (bicyclic) bond motifs is 1. The van der Waals surface area contributed by atoms with Gasteiger partial charge in [-0.2, -0.15) is 0 Å². The van der Waals surface area contributed by atoms with Crippen LogP contribution in [-0.4, -0.2) is 54.1 Å². The Morgan fingerprint density at radius 3 is 2.32 bits per heavy atom. The fraction of sp³-hybridized carbons (Fsp3) is 0.333. The van der Waals surface area contributed by atoms with E-state index in [1.807, 2.05) is 41.0 Å². The van der Waals surface area contributed by atoms with Crippen LogP contribution in [0.25, 0.3) is 11.3 Å². The number of anilines is 1. The van der Waals surface area contributed by atoms with E-state index in [1.54, 1.807) is 13.3 Å². The van der Waals surface area contributed by atoms with Crippen LogP contribution < -0.4 is 9.64 Å².